The molecule has 2 aromatic rings. The fraction of sp³-hybridized carbons (Fsp3) is 0.300. The van der Waals surface area contributed by atoms with Crippen molar-refractivity contribution in [2.24, 2.45) is 11.5 Å². The highest BCUT2D eigenvalue weighted by atomic mass is 15.1. The first-order valence-electron chi connectivity index (χ1n) is 8.65. The highest BCUT2D eigenvalue weighted by Gasteiger charge is 2.25. The van der Waals surface area contributed by atoms with Gasteiger partial charge in [0.05, 0.1) is 24.2 Å². The van der Waals surface area contributed by atoms with Gasteiger partial charge in [0.2, 0.25) is 0 Å². The molecule has 0 aliphatic carbocycles. The van der Waals surface area contributed by atoms with E-state index in [0.29, 0.717) is 0 Å². The number of fused-ring (bicyclic) bond motifs is 2. The number of nitrogens with zero attached hydrogens (tertiary/aromatic N) is 2. The van der Waals surface area contributed by atoms with Crippen LogP contribution in [-0.4, -0.2) is 33.9 Å². The zero-order valence-corrected chi connectivity index (χ0v) is 13.9. The summed E-state index contributed by atoms with van der Waals surface area (Å²) in [6, 6.07) is 16.8. The Hall–Kier alpha value is -2.62. The number of hydrogen-bond acceptors (Lipinski definition) is 2. The van der Waals surface area contributed by atoms with Crippen LogP contribution in [0.5, 0.6) is 0 Å². The average Bonchev–Trinajstić information content (AvgIpc) is 3.10. The minimum Gasteiger partial charge on any atom is -0.287 e. The monoisotopic (exact) mass is 320 g/mol. The summed E-state index contributed by atoms with van der Waals surface area (Å²) in [5, 5.41) is 0. The maximum atomic E-state index is 6.28. The van der Waals surface area contributed by atoms with Gasteiger partial charge in [0.1, 0.15) is 13.1 Å². The van der Waals surface area contributed by atoms with Crippen molar-refractivity contribution >= 4 is 11.7 Å². The Kier molecular flexibility index (Phi) is 3.81. The highest BCUT2D eigenvalue weighted by molar-refractivity contribution is 5.96. The summed E-state index contributed by atoms with van der Waals surface area (Å²) in [5.41, 5.74) is 17.6. The molecule has 122 valence electrons. The van der Waals surface area contributed by atoms with Crippen molar-refractivity contribution in [1.29, 1.82) is 0 Å². The standard InChI is InChI=1S/C20H22N4/c21-19-17-9-3-1-7-15(17)13-23(19)11-5-6-12-24-14-16-8-2-4-10-18(16)20(24)22/h1-4,7-10,21-22H,5-6,11-14H2/p+2. The van der Waals surface area contributed by atoms with E-state index in [1.165, 1.54) is 22.3 Å². The van der Waals surface area contributed by atoms with E-state index in [1.807, 2.05) is 0 Å². The molecule has 0 saturated heterocycles. The number of nitrogens with two attached hydrogens (primary N) is 2. The van der Waals surface area contributed by atoms with E-state index in [9.17, 15) is 0 Å². The maximum absolute atomic E-state index is 6.28. The molecule has 0 amide bonds. The molecule has 4 heteroatoms. The molecule has 2 heterocycles. The van der Waals surface area contributed by atoms with Crippen molar-refractivity contribution in [3.05, 3.63) is 70.8 Å². The number of benzene rings is 2. The Labute approximate surface area is 142 Å². The molecule has 4 nitrogen and oxygen atoms in total. The van der Waals surface area contributed by atoms with E-state index in [4.69, 9.17) is 11.5 Å². The zero-order chi connectivity index (χ0) is 16.5. The Bertz CT molecular complexity index is 777. The summed E-state index contributed by atoms with van der Waals surface area (Å²) in [6.45, 7) is 3.87. The molecule has 2 aliphatic rings. The lowest BCUT2D eigenvalue weighted by Gasteiger charge is -2.05. The van der Waals surface area contributed by atoms with Gasteiger partial charge in [-0.1, -0.05) is 36.4 Å². The normalized spacial score (nSPS) is 15.8. The van der Waals surface area contributed by atoms with Crippen LogP contribution >= 0.6 is 0 Å². The van der Waals surface area contributed by atoms with Crippen molar-refractivity contribution < 1.29 is 9.15 Å². The minimum atomic E-state index is 0.922. The summed E-state index contributed by atoms with van der Waals surface area (Å²) < 4.78 is 4.58. The Morgan fingerprint density at radius 3 is 1.50 bits per heavy atom. The summed E-state index contributed by atoms with van der Waals surface area (Å²) in [5.74, 6) is 1.84. The predicted molar refractivity (Wildman–Crippen MR) is 96.4 cm³/mol. The molecule has 2 aromatic carbocycles. The summed E-state index contributed by atoms with van der Waals surface area (Å²) in [4.78, 5) is 0. The fourth-order valence-corrected chi connectivity index (χ4v) is 3.74. The van der Waals surface area contributed by atoms with Crippen LogP contribution in [0.2, 0.25) is 0 Å². The van der Waals surface area contributed by atoms with Crippen LogP contribution in [0.25, 0.3) is 0 Å². The maximum Gasteiger partial charge on any atom is 0.275 e. The molecule has 24 heavy (non-hydrogen) atoms. The van der Waals surface area contributed by atoms with Gasteiger partial charge in [0.25, 0.3) is 11.7 Å². The van der Waals surface area contributed by atoms with E-state index in [1.54, 1.807) is 0 Å². The topological polar surface area (TPSA) is 58.1 Å². The van der Waals surface area contributed by atoms with Crippen molar-refractivity contribution in [3.8, 4) is 0 Å². The number of unbranched alkanes of at least 4 members (excludes halogenated alkanes) is 1. The first-order valence-corrected chi connectivity index (χ1v) is 8.65. The van der Waals surface area contributed by atoms with E-state index in [-0.39, 0.29) is 0 Å². The summed E-state index contributed by atoms with van der Waals surface area (Å²) in [6.07, 6.45) is 2.24. The molecule has 2 aliphatic heterocycles. The van der Waals surface area contributed by atoms with Crippen LogP contribution in [0.3, 0.4) is 0 Å². The summed E-state index contributed by atoms with van der Waals surface area (Å²) >= 11 is 0. The second-order valence-electron chi connectivity index (χ2n) is 6.63. The van der Waals surface area contributed by atoms with Crippen molar-refractivity contribution in [3.63, 3.8) is 0 Å². The third-order valence-corrected chi connectivity index (χ3v) is 5.10. The van der Waals surface area contributed by atoms with Gasteiger partial charge in [-0.25, -0.2) is 0 Å². The molecule has 0 unspecified atom stereocenters. The average molecular weight is 320 g/mol. The lowest BCUT2D eigenvalue weighted by Crippen LogP contribution is -2.26. The van der Waals surface area contributed by atoms with Crippen LogP contribution in [0, 0.1) is 0 Å². The molecule has 0 spiro atoms. The molecule has 0 aromatic heterocycles. The molecule has 4 N–H and O–H groups in total. The van der Waals surface area contributed by atoms with Crippen LogP contribution in [0.15, 0.2) is 48.5 Å². The fourth-order valence-electron chi connectivity index (χ4n) is 3.74. The van der Waals surface area contributed by atoms with E-state index in [0.717, 1.165) is 50.7 Å². The Morgan fingerprint density at radius 2 is 1.08 bits per heavy atom. The van der Waals surface area contributed by atoms with Crippen molar-refractivity contribution in [2.75, 3.05) is 13.1 Å². The van der Waals surface area contributed by atoms with Crippen molar-refractivity contribution in [1.82, 2.24) is 0 Å². The second kappa shape index (κ2) is 6.11. The van der Waals surface area contributed by atoms with E-state index < -0.39 is 0 Å². The third kappa shape index (κ3) is 2.58. The van der Waals surface area contributed by atoms with E-state index >= 15 is 0 Å². The van der Waals surface area contributed by atoms with Gasteiger partial charge in [-0.3, -0.25) is 20.6 Å². The quantitative estimate of drug-likeness (QED) is 0.650. The van der Waals surface area contributed by atoms with Gasteiger partial charge in [0.15, 0.2) is 0 Å². The van der Waals surface area contributed by atoms with Gasteiger partial charge in [-0.05, 0) is 25.0 Å². The molecule has 0 atom stereocenters. The minimum absolute atomic E-state index is 0.922. The van der Waals surface area contributed by atoms with Crippen LogP contribution in [0.4, 0.5) is 0 Å². The number of rotatable bonds is 5. The third-order valence-electron chi connectivity index (χ3n) is 5.10. The lowest BCUT2D eigenvalue weighted by molar-refractivity contribution is -0.551. The summed E-state index contributed by atoms with van der Waals surface area (Å²) in [7, 11) is 0. The van der Waals surface area contributed by atoms with Gasteiger partial charge in [-0.15, -0.1) is 0 Å². The van der Waals surface area contributed by atoms with Crippen LogP contribution in [-0.2, 0) is 13.1 Å². The van der Waals surface area contributed by atoms with Crippen molar-refractivity contribution in [2.45, 2.75) is 25.9 Å². The first kappa shape index (κ1) is 14.9. The van der Waals surface area contributed by atoms with E-state index in [2.05, 4.69) is 57.7 Å². The largest absolute Gasteiger partial charge is 0.287 e. The zero-order valence-electron chi connectivity index (χ0n) is 13.9. The molecular formula is C20H24N4+2. The smallest absolute Gasteiger partial charge is 0.275 e. The highest BCUT2D eigenvalue weighted by Crippen LogP contribution is 2.18. The number of amidine groups is 2. The predicted octanol–water partition coefficient (Wildman–Crippen LogP) is 1.63. The molecular weight excluding hydrogens is 296 g/mol. The molecule has 0 radical (unpaired) electrons. The van der Waals surface area contributed by atoms with Gasteiger partial charge >= 0.3 is 0 Å². The number of hydrogen-bond donors (Lipinski definition) is 2. The Balaban J connectivity index is 1.32. The SMILES string of the molecule is NC1=[N+](CCCC[N+]2=C(N)c3ccccc3C2)Cc2ccccc21. The Morgan fingerprint density at radius 1 is 0.667 bits per heavy atom. The van der Waals surface area contributed by atoms with Gasteiger partial charge in [-0.2, -0.15) is 0 Å². The van der Waals surface area contributed by atoms with Gasteiger partial charge < -0.3 is 0 Å². The van der Waals surface area contributed by atoms with Crippen LogP contribution < -0.4 is 11.5 Å². The molecule has 0 bridgehead atoms. The second-order valence-corrected chi connectivity index (χ2v) is 6.63. The molecule has 0 saturated carbocycles. The van der Waals surface area contributed by atoms with Gasteiger partial charge in [0, 0.05) is 11.1 Å². The molecule has 0 fully saturated rings. The lowest BCUT2D eigenvalue weighted by atomic mass is 10.1. The first-order chi connectivity index (χ1) is 11.7. The molecule has 4 rings (SSSR count). The van der Waals surface area contributed by atoms with Crippen LogP contribution in [0.1, 0.15) is 35.1 Å².